The fourth-order valence-electron chi connectivity index (χ4n) is 2.24. The molecule has 0 aliphatic carbocycles. The van der Waals surface area contributed by atoms with E-state index in [2.05, 4.69) is 19.7 Å². The highest BCUT2D eigenvalue weighted by Crippen LogP contribution is 2.29. The Morgan fingerprint density at radius 1 is 1.17 bits per heavy atom. The monoisotopic (exact) mass is 322 g/mol. The number of alkyl halides is 3. The van der Waals surface area contributed by atoms with E-state index in [9.17, 15) is 13.2 Å². The number of aromatic amines is 1. The van der Waals surface area contributed by atoms with Crippen LogP contribution in [0.2, 0.25) is 0 Å². The second-order valence-electron chi connectivity index (χ2n) is 5.08. The van der Waals surface area contributed by atoms with Gasteiger partial charge in [0.25, 0.3) is 0 Å². The fourth-order valence-corrected chi connectivity index (χ4v) is 2.24. The zero-order valence-corrected chi connectivity index (χ0v) is 12.3. The maximum Gasteiger partial charge on any atom is 0.573 e. The predicted octanol–water partition coefficient (Wildman–Crippen LogP) is 3.59. The van der Waals surface area contributed by atoms with Crippen LogP contribution in [0.5, 0.6) is 5.75 Å². The van der Waals surface area contributed by atoms with Crippen molar-refractivity contribution in [1.82, 2.24) is 15.0 Å². The van der Waals surface area contributed by atoms with Gasteiger partial charge in [-0.25, -0.2) is 4.98 Å². The molecule has 23 heavy (non-hydrogen) atoms. The number of H-pyrrole nitrogens is 1. The molecule has 0 unspecified atom stereocenters. The second kappa shape index (κ2) is 5.45. The molecule has 0 saturated carbocycles. The van der Waals surface area contributed by atoms with E-state index in [1.54, 1.807) is 12.3 Å². The zero-order valence-electron chi connectivity index (χ0n) is 12.3. The van der Waals surface area contributed by atoms with Crippen LogP contribution in [0.1, 0.15) is 0 Å². The van der Waals surface area contributed by atoms with E-state index in [1.165, 1.54) is 18.2 Å². The molecule has 2 aromatic heterocycles. The van der Waals surface area contributed by atoms with Crippen molar-refractivity contribution in [2.75, 3.05) is 19.0 Å². The number of aromatic nitrogens is 3. The first kappa shape index (κ1) is 15.1. The maximum absolute atomic E-state index is 12.3. The molecule has 0 atom stereocenters. The molecule has 3 aromatic rings. The van der Waals surface area contributed by atoms with Crippen LogP contribution in [-0.4, -0.2) is 35.4 Å². The number of imidazole rings is 1. The number of hydrogen-bond acceptors (Lipinski definition) is 4. The highest BCUT2D eigenvalue weighted by Gasteiger charge is 2.31. The van der Waals surface area contributed by atoms with Crippen molar-refractivity contribution in [1.29, 1.82) is 0 Å². The molecule has 1 aromatic carbocycles. The van der Waals surface area contributed by atoms with Crippen molar-refractivity contribution in [3.8, 4) is 17.3 Å². The van der Waals surface area contributed by atoms with E-state index < -0.39 is 6.36 Å². The summed E-state index contributed by atoms with van der Waals surface area (Å²) in [5, 5.41) is 0. The summed E-state index contributed by atoms with van der Waals surface area (Å²) in [5.74, 6) is 0.172. The van der Waals surface area contributed by atoms with Gasteiger partial charge in [0, 0.05) is 26.4 Å². The van der Waals surface area contributed by atoms with Crippen molar-refractivity contribution in [3.05, 3.63) is 36.5 Å². The first-order valence-electron chi connectivity index (χ1n) is 6.72. The van der Waals surface area contributed by atoms with E-state index in [-0.39, 0.29) is 5.75 Å². The van der Waals surface area contributed by atoms with Gasteiger partial charge >= 0.3 is 6.36 Å². The summed E-state index contributed by atoms with van der Waals surface area (Å²) in [6.45, 7) is 0. The summed E-state index contributed by atoms with van der Waals surface area (Å²) in [4.78, 5) is 13.6. The number of benzene rings is 1. The van der Waals surface area contributed by atoms with Crippen molar-refractivity contribution in [2.24, 2.45) is 0 Å². The zero-order chi connectivity index (χ0) is 16.6. The second-order valence-corrected chi connectivity index (χ2v) is 5.08. The third-order valence-corrected chi connectivity index (χ3v) is 3.18. The minimum atomic E-state index is -4.73. The summed E-state index contributed by atoms with van der Waals surface area (Å²) in [6.07, 6.45) is -3.10. The van der Waals surface area contributed by atoms with Crippen LogP contribution in [0.15, 0.2) is 36.5 Å². The molecule has 3 rings (SSSR count). The average molecular weight is 322 g/mol. The Hall–Kier alpha value is -2.77. The van der Waals surface area contributed by atoms with Crippen LogP contribution in [0.3, 0.4) is 0 Å². The van der Waals surface area contributed by atoms with Gasteiger partial charge in [-0.3, -0.25) is 4.98 Å². The number of halogens is 3. The highest BCUT2D eigenvalue weighted by molar-refractivity contribution is 5.82. The van der Waals surface area contributed by atoms with Crippen molar-refractivity contribution in [2.45, 2.75) is 6.36 Å². The third kappa shape index (κ3) is 3.20. The molecule has 2 heterocycles. The smallest absolute Gasteiger partial charge is 0.406 e. The topological polar surface area (TPSA) is 54.0 Å². The molecule has 0 aliphatic rings. The van der Waals surface area contributed by atoms with Crippen LogP contribution < -0.4 is 9.64 Å². The van der Waals surface area contributed by atoms with Crippen molar-refractivity contribution < 1.29 is 17.9 Å². The standard InChI is InChI=1S/C15H13F3N4O/c1-22(2)12-4-3-7-19-13(12)14-20-10-6-5-9(8-11(10)21-14)23-15(16,17)18/h3-8H,1-2H3,(H,20,21). The van der Waals surface area contributed by atoms with E-state index in [0.29, 0.717) is 22.6 Å². The van der Waals surface area contributed by atoms with Crippen molar-refractivity contribution in [3.63, 3.8) is 0 Å². The summed E-state index contributed by atoms with van der Waals surface area (Å²) in [7, 11) is 3.75. The lowest BCUT2D eigenvalue weighted by molar-refractivity contribution is -0.274. The SMILES string of the molecule is CN(C)c1cccnc1-c1nc2cc(OC(F)(F)F)ccc2[nH]1. The van der Waals surface area contributed by atoms with E-state index in [0.717, 1.165) is 5.69 Å². The van der Waals surface area contributed by atoms with Gasteiger partial charge in [0.15, 0.2) is 5.82 Å². The first-order chi connectivity index (χ1) is 10.8. The number of nitrogens with zero attached hydrogens (tertiary/aromatic N) is 3. The molecule has 0 saturated heterocycles. The van der Waals surface area contributed by atoms with Gasteiger partial charge in [0.1, 0.15) is 11.4 Å². The Morgan fingerprint density at radius 3 is 2.65 bits per heavy atom. The quantitative estimate of drug-likeness (QED) is 0.801. The van der Waals surface area contributed by atoms with Gasteiger partial charge in [0.05, 0.1) is 16.7 Å². The Kier molecular flexibility index (Phi) is 3.59. The Labute approximate surface area is 129 Å². The molecule has 8 heteroatoms. The molecule has 120 valence electrons. The maximum atomic E-state index is 12.3. The van der Waals surface area contributed by atoms with Crippen LogP contribution in [0.4, 0.5) is 18.9 Å². The molecular formula is C15H13F3N4O. The molecule has 0 radical (unpaired) electrons. The van der Waals surface area contributed by atoms with E-state index in [4.69, 9.17) is 0 Å². The first-order valence-corrected chi connectivity index (χ1v) is 6.72. The van der Waals surface area contributed by atoms with Gasteiger partial charge < -0.3 is 14.6 Å². The number of anilines is 1. The van der Waals surface area contributed by atoms with Crippen molar-refractivity contribution >= 4 is 16.7 Å². The minimum Gasteiger partial charge on any atom is -0.406 e. The van der Waals surface area contributed by atoms with Crippen LogP contribution in [0, 0.1) is 0 Å². The molecule has 0 fully saturated rings. The van der Waals surface area contributed by atoms with Gasteiger partial charge in [-0.15, -0.1) is 13.2 Å². The highest BCUT2D eigenvalue weighted by atomic mass is 19.4. The summed E-state index contributed by atoms with van der Waals surface area (Å²) in [6, 6.07) is 7.65. The number of rotatable bonds is 3. The average Bonchev–Trinajstić information content (AvgIpc) is 2.88. The number of fused-ring (bicyclic) bond motifs is 1. The summed E-state index contributed by atoms with van der Waals surface area (Å²) < 4.78 is 40.8. The number of nitrogens with one attached hydrogen (secondary N) is 1. The lowest BCUT2D eigenvalue weighted by atomic mass is 10.2. The number of ether oxygens (including phenoxy) is 1. The van der Waals surface area contributed by atoms with Gasteiger partial charge in [0.2, 0.25) is 0 Å². The van der Waals surface area contributed by atoms with Gasteiger partial charge in [-0.2, -0.15) is 0 Å². The van der Waals surface area contributed by atoms with Gasteiger partial charge in [-0.05, 0) is 24.3 Å². The normalized spacial score (nSPS) is 11.7. The molecule has 5 nitrogen and oxygen atoms in total. The molecular weight excluding hydrogens is 309 g/mol. The molecule has 0 amide bonds. The summed E-state index contributed by atoms with van der Waals surface area (Å²) in [5.41, 5.74) is 2.44. The fraction of sp³-hybridized carbons (Fsp3) is 0.200. The Morgan fingerprint density at radius 2 is 1.96 bits per heavy atom. The van der Waals surface area contributed by atoms with E-state index >= 15 is 0 Å². The van der Waals surface area contributed by atoms with Crippen LogP contribution in [0.25, 0.3) is 22.6 Å². The van der Waals surface area contributed by atoms with Crippen LogP contribution >= 0.6 is 0 Å². The third-order valence-electron chi connectivity index (χ3n) is 3.18. The Balaban J connectivity index is 2.04. The lowest BCUT2D eigenvalue weighted by Gasteiger charge is -2.14. The Bertz CT molecular complexity index is 842. The molecule has 0 spiro atoms. The van der Waals surface area contributed by atoms with E-state index in [1.807, 2.05) is 25.1 Å². The molecule has 0 aliphatic heterocycles. The van der Waals surface area contributed by atoms with Crippen LogP contribution in [-0.2, 0) is 0 Å². The largest absolute Gasteiger partial charge is 0.573 e. The predicted molar refractivity (Wildman–Crippen MR) is 80.3 cm³/mol. The molecule has 1 N–H and O–H groups in total. The molecule has 0 bridgehead atoms. The number of pyridine rings is 1. The van der Waals surface area contributed by atoms with Gasteiger partial charge in [-0.1, -0.05) is 0 Å². The minimum absolute atomic E-state index is 0.308. The summed E-state index contributed by atoms with van der Waals surface area (Å²) >= 11 is 0. The lowest BCUT2D eigenvalue weighted by Crippen LogP contribution is -2.16. The number of hydrogen-bond donors (Lipinski definition) is 1.